The van der Waals surface area contributed by atoms with Crippen LogP contribution in [0.2, 0.25) is 0 Å². The third-order valence-corrected chi connectivity index (χ3v) is 7.06. The van der Waals surface area contributed by atoms with Gasteiger partial charge in [0.15, 0.2) is 0 Å². The van der Waals surface area contributed by atoms with Gasteiger partial charge in [-0.05, 0) is 54.4 Å². The summed E-state index contributed by atoms with van der Waals surface area (Å²) in [6.45, 7) is 2.35. The topological polar surface area (TPSA) is 37.3 Å². The number of rotatable bonds is 3. The first-order valence-corrected chi connectivity index (χ1v) is 8.27. The van der Waals surface area contributed by atoms with Gasteiger partial charge in [-0.3, -0.25) is 4.79 Å². The van der Waals surface area contributed by atoms with Gasteiger partial charge >= 0.3 is 5.97 Å². The van der Waals surface area contributed by atoms with E-state index < -0.39 is 12.1 Å². The molecule has 4 fully saturated rings. The molecule has 5 aliphatic rings. The fourth-order valence-corrected chi connectivity index (χ4v) is 6.24. The molecule has 0 aromatic rings. The highest BCUT2D eigenvalue weighted by Gasteiger charge is 2.65. The molecule has 0 heterocycles. The van der Waals surface area contributed by atoms with Crippen molar-refractivity contribution in [3.8, 4) is 0 Å². The minimum absolute atomic E-state index is 0.214. The van der Waals surface area contributed by atoms with Crippen LogP contribution >= 0.6 is 0 Å². The standard InChI is InChI=1S/C18H23FO2/c1-10-11-6-13-8-15(10)16(7-11)18(13,9-17(20)21)12-2-4-14(19)5-3-12/h2-4,10-11,13-16H,5-9H2,1H3,(H,20,21)/t10-,11?,13?,14?,15?,16?,18+/m1/s1. The molecule has 0 aromatic heterocycles. The summed E-state index contributed by atoms with van der Waals surface area (Å²) in [6.07, 6.45) is 8.79. The summed E-state index contributed by atoms with van der Waals surface area (Å²) in [5.74, 6) is 2.51. The van der Waals surface area contributed by atoms with Gasteiger partial charge in [-0.25, -0.2) is 4.39 Å². The molecule has 0 saturated heterocycles. The smallest absolute Gasteiger partial charge is 0.304 e. The Labute approximate surface area is 125 Å². The number of allylic oxidation sites excluding steroid dienone is 4. The van der Waals surface area contributed by atoms with Crippen LogP contribution in [0.1, 0.15) is 39.0 Å². The number of hydrogen-bond acceptors (Lipinski definition) is 1. The summed E-state index contributed by atoms with van der Waals surface area (Å²) in [5, 5.41) is 9.52. The molecule has 0 radical (unpaired) electrons. The molecule has 4 bridgehead atoms. The molecule has 1 N–H and O–H groups in total. The molecule has 7 atom stereocenters. The number of carboxylic acids is 1. The summed E-state index contributed by atoms with van der Waals surface area (Å²) in [7, 11) is 0. The maximum Gasteiger partial charge on any atom is 0.304 e. The van der Waals surface area contributed by atoms with Crippen LogP contribution in [0.3, 0.4) is 0 Å². The highest BCUT2D eigenvalue weighted by molar-refractivity contribution is 5.69. The molecule has 0 aliphatic heterocycles. The zero-order valence-corrected chi connectivity index (χ0v) is 12.5. The van der Waals surface area contributed by atoms with Gasteiger partial charge in [0.2, 0.25) is 0 Å². The molecule has 0 amide bonds. The van der Waals surface area contributed by atoms with E-state index in [0.29, 0.717) is 24.2 Å². The number of carbonyl (C=O) groups is 1. The summed E-state index contributed by atoms with van der Waals surface area (Å²) in [4.78, 5) is 11.6. The number of alkyl halides is 1. The van der Waals surface area contributed by atoms with Gasteiger partial charge in [-0.1, -0.05) is 25.2 Å². The largest absolute Gasteiger partial charge is 0.481 e. The zero-order chi connectivity index (χ0) is 14.8. The van der Waals surface area contributed by atoms with E-state index in [9.17, 15) is 14.3 Å². The maximum absolute atomic E-state index is 13.4. The molecule has 5 unspecified atom stereocenters. The zero-order valence-electron chi connectivity index (χ0n) is 12.5. The third-order valence-electron chi connectivity index (χ3n) is 7.06. The second-order valence-corrected chi connectivity index (χ2v) is 7.67. The van der Waals surface area contributed by atoms with Crippen molar-refractivity contribution in [2.45, 2.75) is 45.2 Å². The van der Waals surface area contributed by atoms with Gasteiger partial charge in [-0.2, -0.15) is 0 Å². The number of halogens is 1. The Balaban J connectivity index is 1.77. The second kappa shape index (κ2) is 4.44. The first kappa shape index (κ1) is 13.5. The van der Waals surface area contributed by atoms with Crippen molar-refractivity contribution in [1.82, 2.24) is 0 Å². The van der Waals surface area contributed by atoms with E-state index in [1.54, 1.807) is 6.08 Å². The van der Waals surface area contributed by atoms with Crippen molar-refractivity contribution < 1.29 is 14.3 Å². The van der Waals surface area contributed by atoms with E-state index in [2.05, 4.69) is 6.92 Å². The van der Waals surface area contributed by atoms with Crippen LogP contribution in [0.15, 0.2) is 23.8 Å². The normalized spacial score (nSPS) is 50.5. The van der Waals surface area contributed by atoms with Gasteiger partial charge in [0.1, 0.15) is 6.17 Å². The van der Waals surface area contributed by atoms with Crippen LogP contribution in [0.25, 0.3) is 0 Å². The molecule has 3 heteroatoms. The molecular formula is C18H23FO2. The van der Waals surface area contributed by atoms with Crippen molar-refractivity contribution in [2.24, 2.45) is 35.0 Å². The molecule has 5 rings (SSSR count). The van der Waals surface area contributed by atoms with E-state index in [4.69, 9.17) is 0 Å². The third kappa shape index (κ3) is 1.72. The van der Waals surface area contributed by atoms with Crippen molar-refractivity contribution in [3.63, 3.8) is 0 Å². The first-order valence-electron chi connectivity index (χ1n) is 8.27. The van der Waals surface area contributed by atoms with E-state index in [1.807, 2.05) is 12.2 Å². The Hall–Kier alpha value is -1.12. The fourth-order valence-electron chi connectivity index (χ4n) is 6.24. The van der Waals surface area contributed by atoms with Crippen molar-refractivity contribution in [2.75, 3.05) is 0 Å². The maximum atomic E-state index is 13.4. The molecule has 4 saturated carbocycles. The first-order chi connectivity index (χ1) is 10.0. The molecule has 0 aromatic carbocycles. The summed E-state index contributed by atoms with van der Waals surface area (Å²) in [6, 6.07) is 0. The molecular weight excluding hydrogens is 267 g/mol. The molecule has 0 spiro atoms. The Morgan fingerprint density at radius 3 is 2.90 bits per heavy atom. The van der Waals surface area contributed by atoms with Crippen LogP contribution in [0, 0.1) is 35.0 Å². The van der Waals surface area contributed by atoms with E-state index in [0.717, 1.165) is 17.4 Å². The quantitative estimate of drug-likeness (QED) is 0.853. The minimum Gasteiger partial charge on any atom is -0.481 e. The SMILES string of the molecule is C[C@@H]1C2CC3CC1C(C2)[C@@]3(CC(=O)O)C1=CCC(F)C=C1. The number of carboxylic acid groups (broad SMARTS) is 1. The van der Waals surface area contributed by atoms with Gasteiger partial charge < -0.3 is 5.11 Å². The summed E-state index contributed by atoms with van der Waals surface area (Å²) >= 11 is 0. The molecule has 21 heavy (non-hydrogen) atoms. The van der Waals surface area contributed by atoms with Crippen LogP contribution in [-0.4, -0.2) is 17.2 Å². The molecule has 114 valence electrons. The lowest BCUT2D eigenvalue weighted by Crippen LogP contribution is -2.40. The average molecular weight is 290 g/mol. The Kier molecular flexibility index (Phi) is 2.86. The molecule has 5 aliphatic carbocycles. The molecule has 2 nitrogen and oxygen atoms in total. The van der Waals surface area contributed by atoms with E-state index >= 15 is 0 Å². The van der Waals surface area contributed by atoms with E-state index in [1.165, 1.54) is 19.3 Å². The van der Waals surface area contributed by atoms with Crippen LogP contribution in [0.5, 0.6) is 0 Å². The van der Waals surface area contributed by atoms with Gasteiger partial charge in [-0.15, -0.1) is 0 Å². The average Bonchev–Trinajstić information content (AvgIpc) is 2.77. The Morgan fingerprint density at radius 1 is 1.43 bits per heavy atom. The summed E-state index contributed by atoms with van der Waals surface area (Å²) in [5.41, 5.74) is 0.915. The van der Waals surface area contributed by atoms with Crippen LogP contribution < -0.4 is 0 Å². The highest BCUT2D eigenvalue weighted by atomic mass is 19.1. The Bertz CT molecular complexity index is 533. The number of hydrogen-bond donors (Lipinski definition) is 1. The van der Waals surface area contributed by atoms with Crippen LogP contribution in [0.4, 0.5) is 4.39 Å². The van der Waals surface area contributed by atoms with Gasteiger partial charge in [0.05, 0.1) is 6.42 Å². The van der Waals surface area contributed by atoms with Crippen LogP contribution in [-0.2, 0) is 4.79 Å². The number of aliphatic carboxylic acids is 1. The van der Waals surface area contributed by atoms with Crippen molar-refractivity contribution in [1.29, 1.82) is 0 Å². The monoisotopic (exact) mass is 290 g/mol. The summed E-state index contributed by atoms with van der Waals surface area (Å²) < 4.78 is 13.4. The van der Waals surface area contributed by atoms with Crippen molar-refractivity contribution in [3.05, 3.63) is 23.8 Å². The van der Waals surface area contributed by atoms with Crippen molar-refractivity contribution >= 4 is 5.97 Å². The predicted molar refractivity (Wildman–Crippen MR) is 78.4 cm³/mol. The van der Waals surface area contributed by atoms with Gasteiger partial charge in [0, 0.05) is 11.8 Å². The van der Waals surface area contributed by atoms with Gasteiger partial charge in [0.25, 0.3) is 0 Å². The fraction of sp³-hybridized carbons (Fsp3) is 0.722. The second-order valence-electron chi connectivity index (χ2n) is 7.67. The lowest BCUT2D eigenvalue weighted by atomic mass is 9.58. The lowest BCUT2D eigenvalue weighted by molar-refractivity contribution is -0.141. The predicted octanol–water partition coefficient (Wildman–Crippen LogP) is 3.98. The minimum atomic E-state index is -0.899. The lowest BCUT2D eigenvalue weighted by Gasteiger charge is -2.46. The van der Waals surface area contributed by atoms with E-state index in [-0.39, 0.29) is 11.8 Å². The highest BCUT2D eigenvalue weighted by Crippen LogP contribution is 2.72. The Morgan fingerprint density at radius 2 is 2.24 bits per heavy atom.